The predicted molar refractivity (Wildman–Crippen MR) is 83.7 cm³/mol. The van der Waals surface area contributed by atoms with Gasteiger partial charge in [-0.3, -0.25) is 4.99 Å². The summed E-state index contributed by atoms with van der Waals surface area (Å²) in [6.07, 6.45) is 6.46. The van der Waals surface area contributed by atoms with Crippen molar-refractivity contribution in [2.75, 3.05) is 5.75 Å². The molecule has 2 aliphatic rings. The minimum absolute atomic E-state index is 0.134. The van der Waals surface area contributed by atoms with Gasteiger partial charge < -0.3 is 5.32 Å². The zero-order valence-electron chi connectivity index (χ0n) is 11.9. The van der Waals surface area contributed by atoms with Gasteiger partial charge in [-0.25, -0.2) is 4.39 Å². The lowest BCUT2D eigenvalue weighted by atomic mass is 9.83. The highest BCUT2D eigenvalue weighted by Gasteiger charge is 2.38. The molecule has 108 valence electrons. The van der Waals surface area contributed by atoms with E-state index in [4.69, 9.17) is 0 Å². The summed E-state index contributed by atoms with van der Waals surface area (Å²) in [5.41, 5.74) is 0.934. The summed E-state index contributed by atoms with van der Waals surface area (Å²) in [5.74, 6) is 0.940. The minimum Gasteiger partial charge on any atom is -0.359 e. The third kappa shape index (κ3) is 2.85. The molecule has 1 unspecified atom stereocenters. The summed E-state index contributed by atoms with van der Waals surface area (Å²) in [6, 6.07) is 6.78. The minimum atomic E-state index is -0.167. The number of hydrogen-bond acceptors (Lipinski definition) is 2. The average molecular weight is 292 g/mol. The van der Waals surface area contributed by atoms with Crippen molar-refractivity contribution in [2.45, 2.75) is 50.6 Å². The number of benzene rings is 1. The SMILES string of the molecule is CC(N=C1NC2(CCCCC2)CS1)c1ccccc1F. The van der Waals surface area contributed by atoms with E-state index in [-0.39, 0.29) is 17.4 Å². The fraction of sp³-hybridized carbons (Fsp3) is 0.562. The zero-order valence-corrected chi connectivity index (χ0v) is 12.7. The standard InChI is InChI=1S/C16H21FN2S/c1-12(13-7-3-4-8-14(13)17)18-15-19-16(11-20-15)9-5-2-6-10-16/h3-4,7-8,12H,2,5-6,9-11H2,1H3,(H,18,19). The van der Waals surface area contributed by atoms with Gasteiger partial charge in [-0.05, 0) is 25.8 Å². The Morgan fingerprint density at radius 2 is 2.00 bits per heavy atom. The predicted octanol–water partition coefficient (Wildman–Crippen LogP) is 4.28. The monoisotopic (exact) mass is 292 g/mol. The summed E-state index contributed by atoms with van der Waals surface area (Å²) in [5, 5.41) is 4.61. The van der Waals surface area contributed by atoms with Gasteiger partial charge >= 0.3 is 0 Å². The lowest BCUT2D eigenvalue weighted by Gasteiger charge is -2.32. The Morgan fingerprint density at radius 3 is 2.75 bits per heavy atom. The normalized spacial score (nSPS) is 24.8. The van der Waals surface area contributed by atoms with Crippen molar-refractivity contribution >= 4 is 16.9 Å². The molecule has 1 aromatic carbocycles. The molecule has 4 heteroatoms. The van der Waals surface area contributed by atoms with Gasteiger partial charge in [0.2, 0.25) is 0 Å². The molecule has 1 aromatic rings. The Balaban J connectivity index is 1.72. The van der Waals surface area contributed by atoms with E-state index < -0.39 is 0 Å². The molecule has 1 heterocycles. The van der Waals surface area contributed by atoms with E-state index in [1.807, 2.05) is 19.1 Å². The fourth-order valence-corrected chi connectivity index (χ4v) is 4.43. The summed E-state index contributed by atoms with van der Waals surface area (Å²) in [6.45, 7) is 1.96. The molecule has 1 aliphatic heterocycles. The number of aliphatic imine (C=N–C) groups is 1. The maximum atomic E-state index is 13.8. The number of amidine groups is 1. The van der Waals surface area contributed by atoms with Gasteiger partial charge in [0.05, 0.1) is 6.04 Å². The largest absolute Gasteiger partial charge is 0.359 e. The zero-order chi connectivity index (χ0) is 14.0. The van der Waals surface area contributed by atoms with E-state index in [1.165, 1.54) is 38.2 Å². The van der Waals surface area contributed by atoms with Crippen LogP contribution >= 0.6 is 11.8 Å². The van der Waals surface area contributed by atoms with Crippen molar-refractivity contribution in [1.82, 2.24) is 5.32 Å². The number of thioether (sulfide) groups is 1. The van der Waals surface area contributed by atoms with Crippen molar-refractivity contribution in [3.63, 3.8) is 0 Å². The van der Waals surface area contributed by atoms with Crippen LogP contribution in [0.3, 0.4) is 0 Å². The Morgan fingerprint density at radius 1 is 1.25 bits per heavy atom. The Kier molecular flexibility index (Phi) is 4.01. The average Bonchev–Trinajstić information content (AvgIpc) is 2.82. The van der Waals surface area contributed by atoms with Crippen LogP contribution in [-0.2, 0) is 0 Å². The summed E-state index contributed by atoms with van der Waals surface area (Å²) in [7, 11) is 0. The van der Waals surface area contributed by atoms with Crippen LogP contribution in [0.15, 0.2) is 29.3 Å². The number of nitrogens with zero attached hydrogens (tertiary/aromatic N) is 1. The highest BCUT2D eigenvalue weighted by Crippen LogP contribution is 2.36. The molecule has 0 bridgehead atoms. The summed E-state index contributed by atoms with van der Waals surface area (Å²) in [4.78, 5) is 4.69. The van der Waals surface area contributed by atoms with Crippen molar-refractivity contribution in [3.8, 4) is 0 Å². The Bertz CT molecular complexity index is 509. The maximum Gasteiger partial charge on any atom is 0.157 e. The third-order valence-electron chi connectivity index (χ3n) is 4.33. The van der Waals surface area contributed by atoms with Crippen LogP contribution in [0.5, 0.6) is 0 Å². The molecule has 1 saturated heterocycles. The maximum absolute atomic E-state index is 13.8. The molecule has 0 aromatic heterocycles. The van der Waals surface area contributed by atoms with Crippen LogP contribution in [-0.4, -0.2) is 16.5 Å². The second kappa shape index (κ2) is 5.76. The third-order valence-corrected chi connectivity index (χ3v) is 5.51. The molecule has 1 saturated carbocycles. The second-order valence-corrected chi connectivity index (χ2v) is 6.85. The molecule has 2 nitrogen and oxygen atoms in total. The van der Waals surface area contributed by atoms with Crippen LogP contribution in [0.4, 0.5) is 4.39 Å². The Labute approximate surface area is 124 Å². The first-order valence-corrected chi connectivity index (χ1v) is 8.40. The molecule has 0 amide bonds. The quantitative estimate of drug-likeness (QED) is 0.879. The van der Waals surface area contributed by atoms with E-state index in [2.05, 4.69) is 10.3 Å². The summed E-state index contributed by atoms with van der Waals surface area (Å²) < 4.78 is 13.8. The molecule has 20 heavy (non-hydrogen) atoms. The number of nitrogens with one attached hydrogen (secondary N) is 1. The van der Waals surface area contributed by atoms with Crippen molar-refractivity contribution < 1.29 is 4.39 Å². The van der Waals surface area contributed by atoms with E-state index >= 15 is 0 Å². The van der Waals surface area contributed by atoms with E-state index in [0.717, 1.165) is 10.9 Å². The van der Waals surface area contributed by atoms with E-state index in [9.17, 15) is 4.39 Å². The van der Waals surface area contributed by atoms with Crippen molar-refractivity contribution in [2.24, 2.45) is 4.99 Å². The van der Waals surface area contributed by atoms with Crippen LogP contribution in [0.25, 0.3) is 0 Å². The lowest BCUT2D eigenvalue weighted by molar-refractivity contribution is 0.303. The van der Waals surface area contributed by atoms with Gasteiger partial charge in [-0.1, -0.05) is 49.2 Å². The molecular formula is C16H21FN2S. The molecule has 1 atom stereocenters. The van der Waals surface area contributed by atoms with Gasteiger partial charge in [0.25, 0.3) is 0 Å². The van der Waals surface area contributed by atoms with Crippen molar-refractivity contribution in [3.05, 3.63) is 35.6 Å². The highest BCUT2D eigenvalue weighted by molar-refractivity contribution is 8.14. The number of rotatable bonds is 2. The first-order chi connectivity index (χ1) is 9.69. The number of halogens is 1. The molecular weight excluding hydrogens is 271 g/mol. The van der Waals surface area contributed by atoms with Crippen LogP contribution in [0.1, 0.15) is 50.6 Å². The van der Waals surface area contributed by atoms with Gasteiger partial charge in [-0.15, -0.1) is 0 Å². The molecule has 2 fully saturated rings. The fourth-order valence-electron chi connectivity index (χ4n) is 3.13. The van der Waals surface area contributed by atoms with Crippen LogP contribution in [0.2, 0.25) is 0 Å². The van der Waals surface area contributed by atoms with E-state index in [1.54, 1.807) is 17.8 Å². The lowest BCUT2D eigenvalue weighted by Crippen LogP contribution is -2.45. The van der Waals surface area contributed by atoms with Gasteiger partial charge in [0, 0.05) is 16.9 Å². The van der Waals surface area contributed by atoms with Gasteiger partial charge in [-0.2, -0.15) is 0 Å². The summed E-state index contributed by atoms with van der Waals surface area (Å²) >= 11 is 1.79. The van der Waals surface area contributed by atoms with Crippen LogP contribution in [0, 0.1) is 5.82 Å². The molecule has 1 N–H and O–H groups in total. The topological polar surface area (TPSA) is 24.4 Å². The van der Waals surface area contributed by atoms with Gasteiger partial charge in [0.1, 0.15) is 5.82 Å². The number of hydrogen-bond donors (Lipinski definition) is 1. The first kappa shape index (κ1) is 13.9. The van der Waals surface area contributed by atoms with E-state index in [0.29, 0.717) is 5.56 Å². The highest BCUT2D eigenvalue weighted by atomic mass is 32.2. The molecule has 1 aliphatic carbocycles. The molecule has 1 spiro atoms. The Hall–Kier alpha value is -1.03. The molecule has 0 radical (unpaired) electrons. The smallest absolute Gasteiger partial charge is 0.157 e. The second-order valence-electron chi connectivity index (χ2n) is 5.89. The molecule has 3 rings (SSSR count). The van der Waals surface area contributed by atoms with Crippen molar-refractivity contribution in [1.29, 1.82) is 0 Å². The van der Waals surface area contributed by atoms with Crippen LogP contribution < -0.4 is 5.32 Å². The first-order valence-electron chi connectivity index (χ1n) is 7.42. The van der Waals surface area contributed by atoms with Gasteiger partial charge in [0.15, 0.2) is 5.17 Å².